The van der Waals surface area contributed by atoms with Crippen molar-refractivity contribution in [1.29, 1.82) is 0 Å². The number of rotatable bonds is 5. The third-order valence-corrected chi connectivity index (χ3v) is 6.77. The number of carbonyl (C=O) groups is 1. The van der Waals surface area contributed by atoms with Crippen LogP contribution in [0.5, 0.6) is 0 Å². The maximum Gasteiger partial charge on any atom is 0.401 e. The Kier molecular flexibility index (Phi) is 6.46. The third kappa shape index (κ3) is 5.31. The first-order chi connectivity index (χ1) is 16.8. The Morgan fingerprint density at radius 3 is 2.63 bits per heavy atom. The van der Waals surface area contributed by atoms with Crippen LogP contribution in [0.2, 0.25) is 5.02 Å². The first-order valence-corrected chi connectivity index (χ1v) is 11.9. The second kappa shape index (κ2) is 9.54. The summed E-state index contributed by atoms with van der Waals surface area (Å²) >= 11 is 6.14. The van der Waals surface area contributed by atoms with Crippen LogP contribution in [0.3, 0.4) is 0 Å². The normalized spacial score (nSPS) is 20.1. The molecule has 1 unspecified atom stereocenters. The number of anilines is 1. The van der Waals surface area contributed by atoms with Gasteiger partial charge in [0.15, 0.2) is 0 Å². The van der Waals surface area contributed by atoms with Gasteiger partial charge in [-0.1, -0.05) is 41.9 Å². The van der Waals surface area contributed by atoms with E-state index >= 15 is 0 Å². The number of aromatic nitrogens is 2. The molecular weight excluding hydrogens is 479 g/mol. The monoisotopic (exact) mass is 503 g/mol. The SMILES string of the molecule is O=C(Nc1c2c(nn1-c1ccccc1)CCC2)N[C@@H]1CN(CC(F)(F)F)CC1c1cccc(Cl)c1. The molecule has 2 N–H and O–H groups in total. The highest BCUT2D eigenvalue weighted by atomic mass is 35.5. The molecule has 6 nitrogen and oxygen atoms in total. The maximum atomic E-state index is 13.2. The fraction of sp³-hybridized carbons (Fsp3) is 0.360. The van der Waals surface area contributed by atoms with Crippen LogP contribution in [-0.4, -0.2) is 52.6 Å². The van der Waals surface area contributed by atoms with Crippen LogP contribution in [0.25, 0.3) is 5.69 Å². The Bertz CT molecular complexity index is 1210. The Morgan fingerprint density at radius 1 is 1.09 bits per heavy atom. The van der Waals surface area contributed by atoms with Gasteiger partial charge in [0.2, 0.25) is 0 Å². The van der Waals surface area contributed by atoms with Gasteiger partial charge < -0.3 is 5.32 Å². The average Bonchev–Trinajstić information content (AvgIpc) is 3.49. The first kappa shape index (κ1) is 23.7. The summed E-state index contributed by atoms with van der Waals surface area (Å²) in [6.45, 7) is -0.777. The summed E-state index contributed by atoms with van der Waals surface area (Å²) in [5.41, 5.74) is 3.58. The van der Waals surface area contributed by atoms with E-state index < -0.39 is 24.8 Å². The summed E-state index contributed by atoms with van der Waals surface area (Å²) in [6, 6.07) is 15.6. The minimum absolute atomic E-state index is 0.0835. The molecule has 0 spiro atoms. The van der Waals surface area contributed by atoms with Crippen LogP contribution >= 0.6 is 11.6 Å². The lowest BCUT2D eigenvalue weighted by molar-refractivity contribution is -0.143. The minimum Gasteiger partial charge on any atom is -0.333 e. The molecule has 1 fully saturated rings. The fourth-order valence-corrected chi connectivity index (χ4v) is 5.28. The van der Waals surface area contributed by atoms with Gasteiger partial charge in [-0.3, -0.25) is 10.2 Å². The number of fused-ring (bicyclic) bond motifs is 1. The number of nitrogens with one attached hydrogen (secondary N) is 2. The highest BCUT2D eigenvalue weighted by Gasteiger charge is 2.40. The average molecular weight is 504 g/mol. The molecular formula is C25H25ClF3N5O. The van der Waals surface area contributed by atoms with Crippen LogP contribution in [0.15, 0.2) is 54.6 Å². The summed E-state index contributed by atoms with van der Waals surface area (Å²) in [7, 11) is 0. The van der Waals surface area contributed by atoms with E-state index in [0.717, 1.165) is 41.8 Å². The quantitative estimate of drug-likeness (QED) is 0.505. The molecule has 5 rings (SSSR count). The van der Waals surface area contributed by atoms with E-state index in [2.05, 4.69) is 10.6 Å². The summed E-state index contributed by atoms with van der Waals surface area (Å²) < 4.78 is 41.0. The zero-order chi connectivity index (χ0) is 24.6. The Morgan fingerprint density at radius 2 is 1.89 bits per heavy atom. The standard InChI is InChI=1S/C25H25ClF3N5O/c26-17-7-4-6-16(12-17)20-13-33(15-25(27,28)29)14-22(20)30-24(35)31-23-19-10-5-11-21(19)32-34(23)18-8-2-1-3-9-18/h1-4,6-9,12,20,22H,5,10-11,13-15H2,(H2,30,31,35)/t20?,22-/m1/s1. The molecule has 184 valence electrons. The van der Waals surface area contributed by atoms with Crippen molar-refractivity contribution in [3.05, 3.63) is 76.4 Å². The number of hydrogen-bond acceptors (Lipinski definition) is 3. The topological polar surface area (TPSA) is 62.2 Å². The van der Waals surface area contributed by atoms with Crippen molar-refractivity contribution < 1.29 is 18.0 Å². The van der Waals surface area contributed by atoms with Gasteiger partial charge in [0.1, 0.15) is 5.82 Å². The molecule has 2 atom stereocenters. The number of likely N-dealkylation sites (tertiary alicyclic amines) is 1. The summed E-state index contributed by atoms with van der Waals surface area (Å²) in [5, 5.41) is 11.1. The molecule has 0 radical (unpaired) electrons. The highest BCUT2D eigenvalue weighted by molar-refractivity contribution is 6.30. The predicted molar refractivity (Wildman–Crippen MR) is 128 cm³/mol. The number of urea groups is 1. The molecule has 2 heterocycles. The molecule has 10 heteroatoms. The molecule has 1 aromatic heterocycles. The van der Waals surface area contributed by atoms with Gasteiger partial charge >= 0.3 is 12.2 Å². The fourth-order valence-electron chi connectivity index (χ4n) is 5.08. The number of para-hydroxylation sites is 1. The van der Waals surface area contributed by atoms with Crippen molar-refractivity contribution in [2.75, 3.05) is 25.0 Å². The third-order valence-electron chi connectivity index (χ3n) is 6.53. The number of hydrogen-bond donors (Lipinski definition) is 2. The van der Waals surface area contributed by atoms with Crippen LogP contribution in [0.1, 0.15) is 29.2 Å². The lowest BCUT2D eigenvalue weighted by Crippen LogP contribution is -2.43. The van der Waals surface area contributed by atoms with Gasteiger partial charge in [-0.15, -0.1) is 0 Å². The maximum absolute atomic E-state index is 13.2. The van der Waals surface area contributed by atoms with Crippen molar-refractivity contribution >= 4 is 23.4 Å². The molecule has 0 bridgehead atoms. The molecule has 2 aromatic carbocycles. The lowest BCUT2D eigenvalue weighted by Gasteiger charge is -2.21. The zero-order valence-corrected chi connectivity index (χ0v) is 19.6. The molecule has 0 saturated carbocycles. The number of aryl methyl sites for hydroxylation is 1. The second-order valence-electron chi connectivity index (χ2n) is 9.05. The Labute approximate surface area is 206 Å². The van der Waals surface area contributed by atoms with Crippen molar-refractivity contribution in [3.8, 4) is 5.69 Å². The van der Waals surface area contributed by atoms with Gasteiger partial charge in [0, 0.05) is 29.6 Å². The van der Waals surface area contributed by atoms with Crippen molar-refractivity contribution in [3.63, 3.8) is 0 Å². The summed E-state index contributed by atoms with van der Waals surface area (Å²) in [5.74, 6) is 0.275. The van der Waals surface area contributed by atoms with Gasteiger partial charge in [-0.2, -0.15) is 18.3 Å². The van der Waals surface area contributed by atoms with Gasteiger partial charge in [-0.25, -0.2) is 9.48 Å². The minimum atomic E-state index is -4.32. The zero-order valence-electron chi connectivity index (χ0n) is 18.9. The molecule has 35 heavy (non-hydrogen) atoms. The Hall–Kier alpha value is -3.04. The molecule has 1 saturated heterocycles. The van der Waals surface area contributed by atoms with Crippen molar-refractivity contribution in [2.45, 2.75) is 37.4 Å². The largest absolute Gasteiger partial charge is 0.401 e. The number of carbonyl (C=O) groups excluding carboxylic acids is 1. The van der Waals surface area contributed by atoms with Gasteiger partial charge in [0.25, 0.3) is 0 Å². The van der Waals surface area contributed by atoms with E-state index in [1.165, 1.54) is 4.90 Å². The number of alkyl halides is 3. The van der Waals surface area contributed by atoms with E-state index in [0.29, 0.717) is 10.8 Å². The first-order valence-electron chi connectivity index (χ1n) is 11.5. The van der Waals surface area contributed by atoms with E-state index in [1.54, 1.807) is 22.9 Å². The second-order valence-corrected chi connectivity index (χ2v) is 9.49. The number of amides is 2. The van der Waals surface area contributed by atoms with E-state index in [4.69, 9.17) is 16.7 Å². The molecule has 1 aliphatic carbocycles. The number of benzene rings is 2. The van der Waals surface area contributed by atoms with Crippen LogP contribution in [0, 0.1) is 0 Å². The van der Waals surface area contributed by atoms with Crippen molar-refractivity contribution in [1.82, 2.24) is 20.0 Å². The lowest BCUT2D eigenvalue weighted by atomic mass is 9.94. The van der Waals surface area contributed by atoms with Crippen LogP contribution in [-0.2, 0) is 12.8 Å². The van der Waals surface area contributed by atoms with E-state index in [1.807, 2.05) is 36.4 Å². The molecule has 3 aromatic rings. The van der Waals surface area contributed by atoms with Crippen LogP contribution in [0.4, 0.5) is 23.8 Å². The molecule has 1 aliphatic heterocycles. The molecule has 2 amide bonds. The van der Waals surface area contributed by atoms with E-state index in [-0.39, 0.29) is 19.0 Å². The molecule has 2 aliphatic rings. The van der Waals surface area contributed by atoms with Gasteiger partial charge in [-0.05, 0) is 49.1 Å². The van der Waals surface area contributed by atoms with Crippen LogP contribution < -0.4 is 10.6 Å². The predicted octanol–water partition coefficient (Wildman–Crippen LogP) is 5.17. The Balaban J connectivity index is 1.37. The smallest absolute Gasteiger partial charge is 0.333 e. The summed E-state index contributed by atoms with van der Waals surface area (Å²) in [6.07, 6.45) is -1.70. The van der Waals surface area contributed by atoms with Crippen molar-refractivity contribution in [2.24, 2.45) is 0 Å². The number of halogens is 4. The highest BCUT2D eigenvalue weighted by Crippen LogP contribution is 2.33. The van der Waals surface area contributed by atoms with E-state index in [9.17, 15) is 18.0 Å². The summed E-state index contributed by atoms with van der Waals surface area (Å²) in [4.78, 5) is 14.5. The number of nitrogens with zero attached hydrogens (tertiary/aromatic N) is 3. The van der Waals surface area contributed by atoms with Gasteiger partial charge in [0.05, 0.1) is 24.0 Å².